The number of benzene rings is 1. The van der Waals surface area contributed by atoms with Crippen LogP contribution in [0.15, 0.2) is 22.6 Å². The van der Waals surface area contributed by atoms with Gasteiger partial charge in [0.25, 0.3) is 0 Å². The number of hydrogen-bond acceptors (Lipinski definition) is 4. The lowest BCUT2D eigenvalue weighted by Gasteiger charge is -1.87. The van der Waals surface area contributed by atoms with Gasteiger partial charge in [-0.3, -0.25) is 0 Å². The molecule has 1 aromatic carbocycles. The molecule has 0 unspecified atom stereocenters. The van der Waals surface area contributed by atoms with Crippen molar-refractivity contribution in [1.29, 1.82) is 0 Å². The van der Waals surface area contributed by atoms with Gasteiger partial charge in [0.05, 0.1) is 7.11 Å². The summed E-state index contributed by atoms with van der Waals surface area (Å²) in [4.78, 5) is 3.97. The highest BCUT2D eigenvalue weighted by Crippen LogP contribution is 2.23. The van der Waals surface area contributed by atoms with E-state index in [4.69, 9.17) is 14.3 Å². The van der Waals surface area contributed by atoms with Crippen molar-refractivity contribution in [2.75, 3.05) is 7.11 Å². The van der Waals surface area contributed by atoms with Crippen LogP contribution in [0.3, 0.4) is 0 Å². The van der Waals surface area contributed by atoms with Crippen molar-refractivity contribution in [3.8, 4) is 11.8 Å². The normalized spacial score (nSPS) is 10.4. The third-order valence-electron chi connectivity index (χ3n) is 1.53. The minimum Gasteiger partial charge on any atom is -0.508 e. The van der Waals surface area contributed by atoms with Crippen LogP contribution in [0, 0.1) is 0 Å². The highest BCUT2D eigenvalue weighted by molar-refractivity contribution is 5.74. The molecule has 1 N–H and O–H groups in total. The fourth-order valence-corrected chi connectivity index (χ4v) is 0.979. The third-order valence-corrected chi connectivity index (χ3v) is 1.53. The molecule has 4 heteroatoms. The lowest BCUT2D eigenvalue weighted by atomic mass is 10.3. The number of nitrogens with zero attached hydrogens (tertiary/aromatic N) is 1. The second-order valence-electron chi connectivity index (χ2n) is 2.34. The molecule has 2 aromatic rings. The number of ether oxygens (including phenoxy) is 1. The number of oxazole rings is 1. The molecule has 2 rings (SSSR count). The number of rotatable bonds is 1. The van der Waals surface area contributed by atoms with E-state index in [0.717, 1.165) is 0 Å². The lowest BCUT2D eigenvalue weighted by molar-refractivity contribution is 0.299. The zero-order valence-electron chi connectivity index (χ0n) is 6.44. The Morgan fingerprint density at radius 3 is 3.08 bits per heavy atom. The van der Waals surface area contributed by atoms with Crippen molar-refractivity contribution in [3.63, 3.8) is 0 Å². The second-order valence-corrected chi connectivity index (χ2v) is 2.34. The monoisotopic (exact) mass is 165 g/mol. The Morgan fingerprint density at radius 2 is 2.33 bits per heavy atom. The van der Waals surface area contributed by atoms with Gasteiger partial charge >= 0.3 is 6.08 Å². The van der Waals surface area contributed by atoms with Crippen molar-refractivity contribution in [2.24, 2.45) is 0 Å². The zero-order chi connectivity index (χ0) is 8.55. The highest BCUT2D eigenvalue weighted by Gasteiger charge is 2.04. The first-order valence-corrected chi connectivity index (χ1v) is 3.43. The van der Waals surface area contributed by atoms with Crippen molar-refractivity contribution in [3.05, 3.63) is 18.2 Å². The van der Waals surface area contributed by atoms with Crippen LogP contribution >= 0.6 is 0 Å². The fourth-order valence-electron chi connectivity index (χ4n) is 0.979. The topological polar surface area (TPSA) is 55.5 Å². The van der Waals surface area contributed by atoms with Gasteiger partial charge in [-0.25, -0.2) is 0 Å². The van der Waals surface area contributed by atoms with Gasteiger partial charge in [0.15, 0.2) is 5.58 Å². The van der Waals surface area contributed by atoms with Crippen LogP contribution in [-0.4, -0.2) is 17.2 Å². The summed E-state index contributed by atoms with van der Waals surface area (Å²) in [5.41, 5.74) is 1.19. The van der Waals surface area contributed by atoms with E-state index >= 15 is 0 Å². The molecule has 0 aliphatic carbocycles. The van der Waals surface area contributed by atoms with Crippen LogP contribution < -0.4 is 4.74 Å². The van der Waals surface area contributed by atoms with E-state index in [9.17, 15) is 0 Å². The number of methoxy groups -OCH3 is 1. The summed E-state index contributed by atoms with van der Waals surface area (Å²) in [6.45, 7) is 0. The van der Waals surface area contributed by atoms with Gasteiger partial charge in [0, 0.05) is 6.07 Å². The summed E-state index contributed by atoms with van der Waals surface area (Å²) >= 11 is 0. The van der Waals surface area contributed by atoms with E-state index in [0.29, 0.717) is 11.1 Å². The molecule has 0 saturated carbocycles. The van der Waals surface area contributed by atoms with Crippen LogP contribution in [0.1, 0.15) is 0 Å². The van der Waals surface area contributed by atoms with Gasteiger partial charge in [0.2, 0.25) is 0 Å². The number of aromatic nitrogens is 1. The van der Waals surface area contributed by atoms with Crippen LogP contribution in [0.25, 0.3) is 11.1 Å². The largest absolute Gasteiger partial charge is 0.508 e. The quantitative estimate of drug-likeness (QED) is 0.696. The maximum atomic E-state index is 9.08. The summed E-state index contributed by atoms with van der Waals surface area (Å²) in [5.74, 6) is 0.154. The van der Waals surface area contributed by atoms with E-state index in [1.54, 1.807) is 12.1 Å². The summed E-state index contributed by atoms with van der Waals surface area (Å²) < 4.78 is 9.88. The summed E-state index contributed by atoms with van der Waals surface area (Å²) in [7, 11) is 1.48. The molecule has 12 heavy (non-hydrogen) atoms. The predicted octanol–water partition coefficient (Wildman–Crippen LogP) is 1.54. The summed E-state index contributed by atoms with van der Waals surface area (Å²) in [6, 6.07) is 4.70. The minimum absolute atomic E-state index is 0.154. The van der Waals surface area contributed by atoms with E-state index in [-0.39, 0.29) is 11.8 Å². The molecule has 0 bridgehead atoms. The molecule has 1 heterocycles. The first kappa shape index (κ1) is 6.97. The Kier molecular flexibility index (Phi) is 1.40. The molecule has 0 radical (unpaired) electrons. The maximum absolute atomic E-state index is 9.08. The molecule has 0 spiro atoms. The number of hydrogen-bond donors (Lipinski definition) is 1. The van der Waals surface area contributed by atoms with Crippen LogP contribution in [0.4, 0.5) is 0 Å². The van der Waals surface area contributed by atoms with Gasteiger partial charge in [-0.05, 0) is 12.1 Å². The van der Waals surface area contributed by atoms with E-state index in [2.05, 4.69) is 4.98 Å². The van der Waals surface area contributed by atoms with Gasteiger partial charge in [0.1, 0.15) is 11.3 Å². The van der Waals surface area contributed by atoms with Crippen LogP contribution in [0.5, 0.6) is 11.8 Å². The Bertz CT molecular complexity index is 408. The van der Waals surface area contributed by atoms with Crippen molar-refractivity contribution in [1.82, 2.24) is 4.98 Å². The van der Waals surface area contributed by atoms with Gasteiger partial charge < -0.3 is 14.3 Å². The first-order valence-electron chi connectivity index (χ1n) is 3.43. The van der Waals surface area contributed by atoms with E-state index in [1.165, 1.54) is 13.2 Å². The highest BCUT2D eigenvalue weighted by atomic mass is 16.6. The molecular weight excluding hydrogens is 158 g/mol. The summed E-state index contributed by atoms with van der Waals surface area (Å²) in [5, 5.41) is 9.08. The number of fused-ring (bicyclic) bond motifs is 1. The number of phenols is 1. The molecule has 0 aliphatic heterocycles. The zero-order valence-corrected chi connectivity index (χ0v) is 6.44. The molecular formula is C8H7NO3. The Hall–Kier alpha value is -1.71. The minimum atomic E-state index is 0.154. The van der Waals surface area contributed by atoms with Gasteiger partial charge in [-0.15, -0.1) is 0 Å². The Morgan fingerprint density at radius 1 is 1.50 bits per heavy atom. The maximum Gasteiger partial charge on any atom is 0.394 e. The standard InChI is InChI=1S/C8H7NO3/c1-11-8-9-6-3-2-5(10)4-7(6)12-8/h2-4,10H,1H3. The fraction of sp³-hybridized carbons (Fsp3) is 0.125. The predicted molar refractivity (Wildman–Crippen MR) is 42.2 cm³/mol. The molecule has 0 fully saturated rings. The molecule has 1 aromatic heterocycles. The van der Waals surface area contributed by atoms with E-state index in [1.807, 2.05) is 0 Å². The smallest absolute Gasteiger partial charge is 0.394 e. The third kappa shape index (κ3) is 0.972. The van der Waals surface area contributed by atoms with Crippen LogP contribution in [0.2, 0.25) is 0 Å². The molecule has 0 aliphatic rings. The number of phenolic OH excluding ortho intramolecular Hbond substituents is 1. The van der Waals surface area contributed by atoms with Crippen LogP contribution in [-0.2, 0) is 0 Å². The summed E-state index contributed by atoms with van der Waals surface area (Å²) in [6.07, 6.45) is 0.204. The first-order chi connectivity index (χ1) is 5.79. The Labute approximate surface area is 68.4 Å². The SMILES string of the molecule is COc1nc2ccc(O)cc2o1. The van der Waals surface area contributed by atoms with E-state index < -0.39 is 0 Å². The Balaban J connectivity index is 2.67. The van der Waals surface area contributed by atoms with Crippen molar-refractivity contribution >= 4 is 11.1 Å². The van der Waals surface area contributed by atoms with Crippen molar-refractivity contribution in [2.45, 2.75) is 0 Å². The molecule has 62 valence electrons. The molecule has 0 amide bonds. The number of aromatic hydroxyl groups is 1. The van der Waals surface area contributed by atoms with Gasteiger partial charge in [-0.2, -0.15) is 4.98 Å². The molecule has 0 atom stereocenters. The average molecular weight is 165 g/mol. The second kappa shape index (κ2) is 2.41. The van der Waals surface area contributed by atoms with Gasteiger partial charge in [-0.1, -0.05) is 0 Å². The molecule has 0 saturated heterocycles. The lowest BCUT2D eigenvalue weighted by Crippen LogP contribution is -1.79. The van der Waals surface area contributed by atoms with Crippen molar-refractivity contribution < 1.29 is 14.3 Å². The average Bonchev–Trinajstić information content (AvgIpc) is 2.46. The molecule has 4 nitrogen and oxygen atoms in total.